The lowest BCUT2D eigenvalue weighted by Crippen LogP contribution is -2.24. The SMILES string of the molecule is O=C(COc1ccccc1)NN=Cc1ccc(OC(=O)CCCOc2ccc(Cl)cc2Cl)cc1. The van der Waals surface area contributed by atoms with Crippen LogP contribution < -0.4 is 19.6 Å². The molecule has 0 saturated carbocycles. The van der Waals surface area contributed by atoms with E-state index in [4.69, 9.17) is 37.4 Å². The van der Waals surface area contributed by atoms with Crippen molar-refractivity contribution in [2.24, 2.45) is 5.10 Å². The van der Waals surface area contributed by atoms with E-state index in [9.17, 15) is 9.59 Å². The van der Waals surface area contributed by atoms with Crippen LogP contribution >= 0.6 is 23.2 Å². The average Bonchev–Trinajstić information content (AvgIpc) is 2.83. The molecule has 0 radical (unpaired) electrons. The molecule has 0 unspecified atom stereocenters. The Bertz CT molecular complexity index is 1120. The number of amides is 1. The van der Waals surface area contributed by atoms with E-state index in [1.165, 1.54) is 6.21 Å². The van der Waals surface area contributed by atoms with Gasteiger partial charge in [0, 0.05) is 11.4 Å². The maximum Gasteiger partial charge on any atom is 0.311 e. The third-order valence-electron chi connectivity index (χ3n) is 4.30. The first-order valence-electron chi connectivity index (χ1n) is 10.4. The number of benzene rings is 3. The molecular formula is C25H22Cl2N2O5. The van der Waals surface area contributed by atoms with Gasteiger partial charge in [0.2, 0.25) is 0 Å². The lowest BCUT2D eigenvalue weighted by molar-refractivity contribution is -0.134. The molecule has 3 aromatic rings. The van der Waals surface area contributed by atoms with Gasteiger partial charge in [-0.1, -0.05) is 41.4 Å². The molecule has 0 aromatic heterocycles. The van der Waals surface area contributed by atoms with Crippen LogP contribution in [0.4, 0.5) is 0 Å². The quantitative estimate of drug-likeness (QED) is 0.127. The predicted octanol–water partition coefficient (Wildman–Crippen LogP) is 5.29. The summed E-state index contributed by atoms with van der Waals surface area (Å²) < 4.78 is 16.2. The van der Waals surface area contributed by atoms with E-state index in [0.717, 1.165) is 5.56 Å². The number of hydrogen-bond acceptors (Lipinski definition) is 6. The van der Waals surface area contributed by atoms with Gasteiger partial charge < -0.3 is 14.2 Å². The summed E-state index contributed by atoms with van der Waals surface area (Å²) in [5.74, 6) is 0.761. The summed E-state index contributed by atoms with van der Waals surface area (Å²) in [7, 11) is 0. The fourth-order valence-electron chi connectivity index (χ4n) is 2.67. The van der Waals surface area contributed by atoms with Crippen molar-refractivity contribution in [2.45, 2.75) is 12.8 Å². The minimum Gasteiger partial charge on any atom is -0.492 e. The maximum atomic E-state index is 12.0. The van der Waals surface area contributed by atoms with Gasteiger partial charge in [0.1, 0.15) is 17.2 Å². The van der Waals surface area contributed by atoms with Crippen molar-refractivity contribution in [3.8, 4) is 17.2 Å². The molecule has 34 heavy (non-hydrogen) atoms. The average molecular weight is 501 g/mol. The zero-order valence-electron chi connectivity index (χ0n) is 18.1. The first-order chi connectivity index (χ1) is 16.5. The number of esters is 1. The number of hydrazone groups is 1. The third-order valence-corrected chi connectivity index (χ3v) is 4.83. The smallest absolute Gasteiger partial charge is 0.311 e. The summed E-state index contributed by atoms with van der Waals surface area (Å²) in [5.41, 5.74) is 3.11. The van der Waals surface area contributed by atoms with Gasteiger partial charge in [-0.3, -0.25) is 9.59 Å². The molecule has 0 heterocycles. The summed E-state index contributed by atoms with van der Waals surface area (Å²) in [6.07, 6.45) is 2.13. The van der Waals surface area contributed by atoms with Crippen molar-refractivity contribution in [1.82, 2.24) is 5.43 Å². The second kappa shape index (κ2) is 13.2. The minimum absolute atomic E-state index is 0.145. The zero-order chi connectivity index (χ0) is 24.2. The van der Waals surface area contributed by atoms with Gasteiger partial charge in [0.15, 0.2) is 6.61 Å². The van der Waals surface area contributed by atoms with Crippen LogP contribution in [0.25, 0.3) is 0 Å². The maximum absolute atomic E-state index is 12.0. The van der Waals surface area contributed by atoms with Gasteiger partial charge in [0.25, 0.3) is 5.91 Å². The van der Waals surface area contributed by atoms with Crippen LogP contribution in [0, 0.1) is 0 Å². The Morgan fingerprint density at radius 1 is 0.912 bits per heavy atom. The topological polar surface area (TPSA) is 86.2 Å². The van der Waals surface area contributed by atoms with Crippen LogP contribution in [0.3, 0.4) is 0 Å². The van der Waals surface area contributed by atoms with Gasteiger partial charge in [-0.2, -0.15) is 5.10 Å². The molecule has 0 saturated heterocycles. The number of nitrogens with zero attached hydrogens (tertiary/aromatic N) is 1. The molecule has 9 heteroatoms. The van der Waals surface area contributed by atoms with Crippen molar-refractivity contribution in [3.63, 3.8) is 0 Å². The molecule has 7 nitrogen and oxygen atoms in total. The molecule has 0 bridgehead atoms. The number of nitrogens with one attached hydrogen (secondary N) is 1. The van der Waals surface area contributed by atoms with Gasteiger partial charge >= 0.3 is 5.97 Å². The Morgan fingerprint density at radius 2 is 1.68 bits per heavy atom. The molecule has 0 aliphatic carbocycles. The van der Waals surface area contributed by atoms with Gasteiger partial charge in [-0.15, -0.1) is 0 Å². The first kappa shape index (κ1) is 25.1. The highest BCUT2D eigenvalue weighted by Crippen LogP contribution is 2.27. The Labute approximate surface area is 207 Å². The highest BCUT2D eigenvalue weighted by molar-refractivity contribution is 6.35. The first-order valence-corrected chi connectivity index (χ1v) is 11.1. The fourth-order valence-corrected chi connectivity index (χ4v) is 3.14. The number of rotatable bonds is 11. The normalized spacial score (nSPS) is 10.6. The second-order valence-electron chi connectivity index (χ2n) is 6.96. The van der Waals surface area contributed by atoms with E-state index >= 15 is 0 Å². The predicted molar refractivity (Wildman–Crippen MR) is 131 cm³/mol. The second-order valence-corrected chi connectivity index (χ2v) is 7.81. The highest BCUT2D eigenvalue weighted by Gasteiger charge is 2.07. The van der Waals surface area contributed by atoms with E-state index < -0.39 is 0 Å². The van der Waals surface area contributed by atoms with Crippen molar-refractivity contribution < 1.29 is 23.8 Å². The van der Waals surface area contributed by atoms with Gasteiger partial charge in [-0.05, 0) is 66.6 Å². The summed E-state index contributed by atoms with van der Waals surface area (Å²) >= 11 is 11.9. The standard InChI is InChI=1S/C25H22Cl2N2O5/c26-19-10-13-23(22(27)15-19)32-14-4-7-25(31)34-21-11-8-18(9-12-21)16-28-29-24(30)17-33-20-5-2-1-3-6-20/h1-3,5-6,8-13,15-16H,4,7,14,17H2,(H,29,30). The molecule has 3 aromatic carbocycles. The Balaban J connectivity index is 1.34. The number of hydrogen-bond donors (Lipinski definition) is 1. The number of halogens is 2. The minimum atomic E-state index is -0.382. The molecule has 176 valence electrons. The number of carbonyl (C=O) groups excluding carboxylic acids is 2. The number of carbonyl (C=O) groups is 2. The van der Waals surface area contributed by atoms with Crippen LogP contribution in [0.5, 0.6) is 17.2 Å². The molecule has 0 aliphatic rings. The van der Waals surface area contributed by atoms with E-state index in [1.807, 2.05) is 18.2 Å². The van der Waals surface area contributed by atoms with Crippen LogP contribution in [0.1, 0.15) is 18.4 Å². The molecule has 0 aliphatic heterocycles. The van der Waals surface area contributed by atoms with Crippen LogP contribution in [-0.2, 0) is 9.59 Å². The van der Waals surface area contributed by atoms with E-state index in [0.29, 0.717) is 40.3 Å². The molecule has 1 amide bonds. The molecule has 0 fully saturated rings. The Hall–Kier alpha value is -3.55. The van der Waals surface area contributed by atoms with E-state index in [1.54, 1.807) is 54.6 Å². The molecule has 0 spiro atoms. The van der Waals surface area contributed by atoms with Crippen molar-refractivity contribution in [1.29, 1.82) is 0 Å². The molecule has 1 N–H and O–H groups in total. The summed E-state index contributed by atoms with van der Waals surface area (Å²) in [6, 6.07) is 20.7. The summed E-state index contributed by atoms with van der Waals surface area (Å²) in [4.78, 5) is 23.8. The highest BCUT2D eigenvalue weighted by atomic mass is 35.5. The zero-order valence-corrected chi connectivity index (χ0v) is 19.6. The monoisotopic (exact) mass is 500 g/mol. The van der Waals surface area contributed by atoms with Crippen molar-refractivity contribution in [2.75, 3.05) is 13.2 Å². The van der Waals surface area contributed by atoms with Crippen LogP contribution in [-0.4, -0.2) is 31.3 Å². The summed E-state index contributed by atoms with van der Waals surface area (Å²) in [5, 5.41) is 4.83. The lowest BCUT2D eigenvalue weighted by Gasteiger charge is -2.08. The van der Waals surface area contributed by atoms with E-state index in [2.05, 4.69) is 10.5 Å². The fraction of sp³-hybridized carbons (Fsp3) is 0.160. The Kier molecular flexibility index (Phi) is 9.76. The largest absolute Gasteiger partial charge is 0.492 e. The molecule has 3 rings (SSSR count). The van der Waals surface area contributed by atoms with Crippen molar-refractivity contribution >= 4 is 41.3 Å². The Morgan fingerprint density at radius 3 is 2.41 bits per heavy atom. The van der Waals surface area contributed by atoms with Gasteiger partial charge in [0.05, 0.1) is 17.8 Å². The third kappa shape index (κ3) is 8.77. The molecule has 0 atom stereocenters. The van der Waals surface area contributed by atoms with Crippen LogP contribution in [0.2, 0.25) is 10.0 Å². The van der Waals surface area contributed by atoms with Gasteiger partial charge in [-0.25, -0.2) is 5.43 Å². The number of para-hydroxylation sites is 1. The lowest BCUT2D eigenvalue weighted by atomic mass is 10.2. The molecular weight excluding hydrogens is 479 g/mol. The van der Waals surface area contributed by atoms with Crippen molar-refractivity contribution in [3.05, 3.63) is 88.4 Å². The summed E-state index contributed by atoms with van der Waals surface area (Å²) in [6.45, 7) is 0.169. The number of ether oxygens (including phenoxy) is 3. The van der Waals surface area contributed by atoms with Crippen LogP contribution in [0.15, 0.2) is 77.9 Å². The van der Waals surface area contributed by atoms with E-state index in [-0.39, 0.29) is 24.9 Å².